The molecule has 122 valence electrons. The Bertz CT molecular complexity index is 661. The highest BCUT2D eigenvalue weighted by Crippen LogP contribution is 2.24. The van der Waals surface area contributed by atoms with Gasteiger partial charge in [-0.15, -0.1) is 0 Å². The van der Waals surface area contributed by atoms with Crippen molar-refractivity contribution in [1.82, 2.24) is 5.32 Å². The van der Waals surface area contributed by atoms with Crippen LogP contribution in [-0.2, 0) is 14.6 Å². The molecule has 0 bridgehead atoms. The van der Waals surface area contributed by atoms with Crippen LogP contribution in [0.3, 0.4) is 0 Å². The van der Waals surface area contributed by atoms with Gasteiger partial charge in [-0.2, -0.15) is 0 Å². The predicted octanol–water partition coefficient (Wildman–Crippen LogP) is 2.36. The normalized spacial score (nSPS) is 21.5. The van der Waals surface area contributed by atoms with E-state index in [2.05, 4.69) is 5.32 Å². The van der Waals surface area contributed by atoms with Crippen molar-refractivity contribution in [2.45, 2.75) is 32.2 Å². The molecule has 1 saturated heterocycles. The molecule has 0 unspecified atom stereocenters. The monoisotopic (exact) mass is 331 g/mol. The third-order valence-corrected chi connectivity index (χ3v) is 5.71. The Hall–Kier alpha value is -1.50. The first kappa shape index (κ1) is 16.9. The fraction of sp³-hybridized carbons (Fsp3) is 0.533. The summed E-state index contributed by atoms with van der Waals surface area (Å²) in [5.41, 5.74) is 0.106. The number of amides is 1. The molecule has 1 heterocycles. The first-order valence-electron chi connectivity index (χ1n) is 7.25. The van der Waals surface area contributed by atoms with Crippen molar-refractivity contribution in [3.63, 3.8) is 0 Å². The van der Waals surface area contributed by atoms with Crippen molar-refractivity contribution in [3.05, 3.63) is 35.4 Å². The third-order valence-electron chi connectivity index (χ3n) is 3.88. The van der Waals surface area contributed by atoms with Crippen molar-refractivity contribution in [2.75, 3.05) is 11.5 Å². The van der Waals surface area contributed by atoms with Gasteiger partial charge in [0.2, 0.25) is 5.91 Å². The van der Waals surface area contributed by atoms with Gasteiger partial charge < -0.3 is 5.32 Å². The fourth-order valence-corrected chi connectivity index (χ4v) is 4.59. The molecule has 2 rings (SSSR count). The van der Waals surface area contributed by atoms with E-state index in [0.29, 0.717) is 12.8 Å². The molecule has 7 heteroatoms. The maximum absolute atomic E-state index is 13.8. The van der Waals surface area contributed by atoms with Crippen LogP contribution in [0, 0.1) is 17.6 Å². The van der Waals surface area contributed by atoms with Crippen LogP contribution in [0.25, 0.3) is 0 Å². The lowest BCUT2D eigenvalue weighted by Crippen LogP contribution is -2.30. The van der Waals surface area contributed by atoms with E-state index in [-0.39, 0.29) is 35.3 Å². The summed E-state index contributed by atoms with van der Waals surface area (Å²) < 4.78 is 49.8. The van der Waals surface area contributed by atoms with Crippen LogP contribution < -0.4 is 5.32 Å². The van der Waals surface area contributed by atoms with Crippen LogP contribution in [-0.4, -0.2) is 25.8 Å². The molecule has 1 aromatic carbocycles. The quantitative estimate of drug-likeness (QED) is 0.901. The first-order chi connectivity index (χ1) is 10.3. The summed E-state index contributed by atoms with van der Waals surface area (Å²) in [5, 5.41) is 2.66. The van der Waals surface area contributed by atoms with E-state index in [0.717, 1.165) is 18.2 Å². The van der Waals surface area contributed by atoms with Crippen LogP contribution in [0.15, 0.2) is 18.2 Å². The number of rotatable bonds is 5. The minimum atomic E-state index is -3.03. The van der Waals surface area contributed by atoms with Crippen molar-refractivity contribution < 1.29 is 22.0 Å². The van der Waals surface area contributed by atoms with Crippen LogP contribution in [0.5, 0.6) is 0 Å². The minimum absolute atomic E-state index is 0.0194. The zero-order valence-electron chi connectivity index (χ0n) is 12.3. The zero-order chi connectivity index (χ0) is 16.3. The standard InChI is InChI=1S/C15H19F2NO3S/c1-2-14(12-8-11(16)3-4-13(12)17)18-15(19)7-10-5-6-22(20,21)9-10/h3-4,8,10,14H,2,5-7,9H2,1H3,(H,18,19)/t10-,14-/m0/s1. The molecular weight excluding hydrogens is 312 g/mol. The average Bonchev–Trinajstić information content (AvgIpc) is 2.78. The Morgan fingerprint density at radius 1 is 1.41 bits per heavy atom. The maximum atomic E-state index is 13.8. The maximum Gasteiger partial charge on any atom is 0.220 e. The van der Waals surface area contributed by atoms with Gasteiger partial charge in [-0.25, -0.2) is 17.2 Å². The van der Waals surface area contributed by atoms with Crippen molar-refractivity contribution >= 4 is 15.7 Å². The van der Waals surface area contributed by atoms with Crippen molar-refractivity contribution in [2.24, 2.45) is 5.92 Å². The van der Waals surface area contributed by atoms with E-state index < -0.39 is 27.5 Å². The topological polar surface area (TPSA) is 63.2 Å². The molecule has 0 saturated carbocycles. The number of hydrogen-bond donors (Lipinski definition) is 1. The van der Waals surface area contributed by atoms with Crippen molar-refractivity contribution in [1.29, 1.82) is 0 Å². The summed E-state index contributed by atoms with van der Waals surface area (Å²) in [5.74, 6) is -1.54. The van der Waals surface area contributed by atoms with Gasteiger partial charge in [-0.05, 0) is 37.0 Å². The first-order valence-corrected chi connectivity index (χ1v) is 9.07. The molecule has 22 heavy (non-hydrogen) atoms. The van der Waals surface area contributed by atoms with Crippen molar-refractivity contribution in [3.8, 4) is 0 Å². The summed E-state index contributed by atoms with van der Waals surface area (Å²) >= 11 is 0. The molecule has 1 aliphatic heterocycles. The summed E-state index contributed by atoms with van der Waals surface area (Å²) in [6.07, 6.45) is 0.975. The third kappa shape index (κ3) is 4.25. The van der Waals surface area contributed by atoms with Gasteiger partial charge in [0.05, 0.1) is 17.5 Å². The smallest absolute Gasteiger partial charge is 0.220 e. The van der Waals surface area contributed by atoms with Crippen LogP contribution in [0.4, 0.5) is 8.78 Å². The molecule has 0 aliphatic carbocycles. The SMILES string of the molecule is CC[C@H](NC(=O)C[C@@H]1CCS(=O)(=O)C1)c1cc(F)ccc1F. The van der Waals surface area contributed by atoms with Gasteiger partial charge in [0.1, 0.15) is 11.6 Å². The van der Waals surface area contributed by atoms with E-state index in [9.17, 15) is 22.0 Å². The highest BCUT2D eigenvalue weighted by molar-refractivity contribution is 7.91. The highest BCUT2D eigenvalue weighted by Gasteiger charge is 2.30. The van der Waals surface area contributed by atoms with E-state index in [4.69, 9.17) is 0 Å². The summed E-state index contributed by atoms with van der Waals surface area (Å²) in [7, 11) is -3.03. The molecule has 1 aromatic rings. The summed E-state index contributed by atoms with van der Waals surface area (Å²) in [6, 6.07) is 2.50. The number of halogens is 2. The number of nitrogens with one attached hydrogen (secondary N) is 1. The zero-order valence-corrected chi connectivity index (χ0v) is 13.1. The number of benzene rings is 1. The second kappa shape index (κ2) is 6.73. The number of carbonyl (C=O) groups is 1. The molecule has 2 atom stereocenters. The van der Waals surface area contributed by atoms with Crippen LogP contribution >= 0.6 is 0 Å². The minimum Gasteiger partial charge on any atom is -0.349 e. The van der Waals surface area contributed by atoms with E-state index in [1.807, 2.05) is 0 Å². The molecular formula is C15H19F2NO3S. The second-order valence-corrected chi connectivity index (χ2v) is 7.90. The van der Waals surface area contributed by atoms with Crippen LogP contribution in [0.2, 0.25) is 0 Å². The lowest BCUT2D eigenvalue weighted by Gasteiger charge is -2.19. The molecule has 0 spiro atoms. The van der Waals surface area contributed by atoms with Gasteiger partial charge >= 0.3 is 0 Å². The van der Waals surface area contributed by atoms with Gasteiger partial charge in [-0.1, -0.05) is 6.92 Å². The lowest BCUT2D eigenvalue weighted by molar-refractivity contribution is -0.122. The van der Waals surface area contributed by atoms with Gasteiger partial charge in [0, 0.05) is 12.0 Å². The Labute approximate surface area is 128 Å². The average molecular weight is 331 g/mol. The van der Waals surface area contributed by atoms with Gasteiger partial charge in [0.25, 0.3) is 0 Å². The molecule has 1 amide bonds. The predicted molar refractivity (Wildman–Crippen MR) is 78.9 cm³/mol. The summed E-state index contributed by atoms with van der Waals surface area (Å²) in [4.78, 5) is 12.0. The molecule has 0 aromatic heterocycles. The fourth-order valence-electron chi connectivity index (χ4n) is 2.73. The van der Waals surface area contributed by atoms with Gasteiger partial charge in [-0.3, -0.25) is 4.79 Å². The lowest BCUT2D eigenvalue weighted by atomic mass is 10.0. The molecule has 4 nitrogen and oxygen atoms in total. The molecule has 1 aliphatic rings. The number of carbonyl (C=O) groups excluding carboxylic acids is 1. The Morgan fingerprint density at radius 3 is 2.73 bits per heavy atom. The number of sulfone groups is 1. The van der Waals surface area contributed by atoms with E-state index >= 15 is 0 Å². The Kier molecular flexibility index (Phi) is 5.16. The summed E-state index contributed by atoms with van der Waals surface area (Å²) in [6.45, 7) is 1.76. The molecule has 0 radical (unpaired) electrons. The van der Waals surface area contributed by atoms with E-state index in [1.165, 1.54) is 0 Å². The molecule has 1 fully saturated rings. The Balaban J connectivity index is 2.01. The van der Waals surface area contributed by atoms with Gasteiger partial charge in [0.15, 0.2) is 9.84 Å². The number of hydrogen-bond acceptors (Lipinski definition) is 3. The second-order valence-electron chi connectivity index (χ2n) is 5.67. The van der Waals surface area contributed by atoms with E-state index in [1.54, 1.807) is 6.92 Å². The Morgan fingerprint density at radius 2 is 2.14 bits per heavy atom. The van der Waals surface area contributed by atoms with Crippen LogP contribution in [0.1, 0.15) is 37.8 Å². The highest BCUT2D eigenvalue weighted by atomic mass is 32.2. The molecule has 1 N–H and O–H groups in total. The largest absolute Gasteiger partial charge is 0.349 e.